The first-order chi connectivity index (χ1) is 9.94. The standard InChI is InChI=1S/C16H20N2O2S/c1-3-21(19,20)14-10-8-13(9-11-14)18-12(2)15-6-4-5-7-16(15)17/h4-12,18H,3,17H2,1-2H3. The summed E-state index contributed by atoms with van der Waals surface area (Å²) in [5.41, 5.74) is 8.57. The van der Waals surface area contributed by atoms with Gasteiger partial charge in [0.05, 0.1) is 16.7 Å². The lowest BCUT2D eigenvalue weighted by Gasteiger charge is -2.17. The van der Waals surface area contributed by atoms with Crippen molar-refractivity contribution >= 4 is 21.2 Å². The lowest BCUT2D eigenvalue weighted by molar-refractivity contribution is 0.597. The molecule has 5 heteroatoms. The predicted octanol–water partition coefficient (Wildman–Crippen LogP) is 3.24. The van der Waals surface area contributed by atoms with Crippen molar-refractivity contribution in [2.75, 3.05) is 16.8 Å². The van der Waals surface area contributed by atoms with Gasteiger partial charge in [-0.1, -0.05) is 25.1 Å². The van der Waals surface area contributed by atoms with Crippen LogP contribution >= 0.6 is 0 Å². The van der Waals surface area contributed by atoms with Gasteiger partial charge in [0.2, 0.25) is 0 Å². The number of hydrogen-bond donors (Lipinski definition) is 2. The SMILES string of the molecule is CCS(=O)(=O)c1ccc(NC(C)c2ccccc2N)cc1. The van der Waals surface area contributed by atoms with E-state index in [1.54, 1.807) is 31.2 Å². The van der Waals surface area contributed by atoms with Crippen LogP contribution in [0.4, 0.5) is 11.4 Å². The van der Waals surface area contributed by atoms with Crippen molar-refractivity contribution in [3.8, 4) is 0 Å². The summed E-state index contributed by atoms with van der Waals surface area (Å²) >= 11 is 0. The van der Waals surface area contributed by atoms with Crippen LogP contribution in [0.5, 0.6) is 0 Å². The fraction of sp³-hybridized carbons (Fsp3) is 0.250. The van der Waals surface area contributed by atoms with Crippen LogP contribution in [-0.2, 0) is 9.84 Å². The van der Waals surface area contributed by atoms with Crippen molar-refractivity contribution in [1.29, 1.82) is 0 Å². The van der Waals surface area contributed by atoms with Crippen LogP contribution < -0.4 is 11.1 Å². The van der Waals surface area contributed by atoms with Crippen LogP contribution in [0.15, 0.2) is 53.4 Å². The van der Waals surface area contributed by atoms with E-state index in [1.807, 2.05) is 31.2 Å². The van der Waals surface area contributed by atoms with Crippen LogP contribution in [0.1, 0.15) is 25.5 Å². The molecule has 0 aliphatic rings. The maximum absolute atomic E-state index is 11.8. The molecule has 2 aromatic carbocycles. The van der Waals surface area contributed by atoms with Gasteiger partial charge in [0.15, 0.2) is 9.84 Å². The Labute approximate surface area is 125 Å². The number of nitrogens with one attached hydrogen (secondary N) is 1. The van der Waals surface area contributed by atoms with E-state index in [9.17, 15) is 8.42 Å². The third-order valence-corrected chi connectivity index (χ3v) is 5.19. The zero-order chi connectivity index (χ0) is 15.5. The Bertz CT molecular complexity index is 709. The smallest absolute Gasteiger partial charge is 0.178 e. The highest BCUT2D eigenvalue weighted by Crippen LogP contribution is 2.24. The third-order valence-electron chi connectivity index (χ3n) is 3.44. The molecular weight excluding hydrogens is 284 g/mol. The molecule has 0 amide bonds. The van der Waals surface area contributed by atoms with Gasteiger partial charge < -0.3 is 11.1 Å². The first kappa shape index (κ1) is 15.4. The molecule has 0 spiro atoms. The first-order valence-corrected chi connectivity index (χ1v) is 8.53. The minimum Gasteiger partial charge on any atom is -0.398 e. The molecule has 0 saturated carbocycles. The van der Waals surface area contributed by atoms with Crippen molar-refractivity contribution in [3.63, 3.8) is 0 Å². The molecule has 1 atom stereocenters. The Morgan fingerprint density at radius 2 is 1.71 bits per heavy atom. The number of anilines is 2. The monoisotopic (exact) mass is 304 g/mol. The van der Waals surface area contributed by atoms with E-state index < -0.39 is 9.84 Å². The van der Waals surface area contributed by atoms with Crippen LogP contribution in [-0.4, -0.2) is 14.2 Å². The van der Waals surface area contributed by atoms with Crippen LogP contribution in [0.25, 0.3) is 0 Å². The molecule has 3 N–H and O–H groups in total. The maximum atomic E-state index is 11.8. The summed E-state index contributed by atoms with van der Waals surface area (Å²) in [5.74, 6) is 0.108. The summed E-state index contributed by atoms with van der Waals surface area (Å²) < 4.78 is 23.5. The Kier molecular flexibility index (Phi) is 4.53. The first-order valence-electron chi connectivity index (χ1n) is 6.88. The van der Waals surface area contributed by atoms with E-state index in [2.05, 4.69) is 5.32 Å². The molecule has 2 aromatic rings. The van der Waals surface area contributed by atoms with Crippen molar-refractivity contribution in [3.05, 3.63) is 54.1 Å². The van der Waals surface area contributed by atoms with Gasteiger partial charge in [0, 0.05) is 11.4 Å². The van der Waals surface area contributed by atoms with Gasteiger partial charge in [-0.15, -0.1) is 0 Å². The Balaban J connectivity index is 2.16. The number of nitrogens with two attached hydrogens (primary N) is 1. The fourth-order valence-corrected chi connectivity index (χ4v) is 3.04. The molecule has 112 valence electrons. The molecule has 0 bridgehead atoms. The van der Waals surface area contributed by atoms with E-state index in [4.69, 9.17) is 5.73 Å². The van der Waals surface area contributed by atoms with Crippen LogP contribution in [0, 0.1) is 0 Å². The molecule has 0 saturated heterocycles. The number of sulfone groups is 1. The topological polar surface area (TPSA) is 72.2 Å². The van der Waals surface area contributed by atoms with E-state index in [1.165, 1.54) is 0 Å². The summed E-state index contributed by atoms with van der Waals surface area (Å²) in [4.78, 5) is 0.349. The molecule has 21 heavy (non-hydrogen) atoms. The molecule has 0 radical (unpaired) electrons. The van der Waals surface area contributed by atoms with Crippen molar-refractivity contribution in [2.24, 2.45) is 0 Å². The number of nitrogen functional groups attached to an aromatic ring is 1. The number of para-hydroxylation sites is 1. The predicted molar refractivity (Wildman–Crippen MR) is 87.1 cm³/mol. The minimum absolute atomic E-state index is 0.0415. The molecule has 0 aliphatic heterocycles. The van der Waals surface area contributed by atoms with Gasteiger partial charge in [-0.05, 0) is 42.8 Å². The number of benzene rings is 2. The normalized spacial score (nSPS) is 12.9. The van der Waals surface area contributed by atoms with Crippen molar-refractivity contribution in [1.82, 2.24) is 0 Å². The molecule has 0 aromatic heterocycles. The van der Waals surface area contributed by atoms with E-state index in [0.29, 0.717) is 4.90 Å². The van der Waals surface area contributed by atoms with Crippen molar-refractivity contribution < 1.29 is 8.42 Å². The quantitative estimate of drug-likeness (QED) is 0.832. The molecule has 0 heterocycles. The average Bonchev–Trinajstić information content (AvgIpc) is 2.48. The van der Waals surface area contributed by atoms with E-state index >= 15 is 0 Å². The molecule has 1 unspecified atom stereocenters. The highest BCUT2D eigenvalue weighted by molar-refractivity contribution is 7.91. The zero-order valence-electron chi connectivity index (χ0n) is 12.2. The second-order valence-corrected chi connectivity index (χ2v) is 7.20. The van der Waals surface area contributed by atoms with Crippen LogP contribution in [0.2, 0.25) is 0 Å². The zero-order valence-corrected chi connectivity index (χ0v) is 13.0. The lowest BCUT2D eigenvalue weighted by Crippen LogP contribution is -2.09. The fourth-order valence-electron chi connectivity index (χ4n) is 2.16. The Morgan fingerprint density at radius 3 is 2.29 bits per heavy atom. The molecule has 4 nitrogen and oxygen atoms in total. The molecule has 0 aliphatic carbocycles. The van der Waals surface area contributed by atoms with Crippen LogP contribution in [0.3, 0.4) is 0 Å². The average molecular weight is 304 g/mol. The summed E-state index contributed by atoms with van der Waals surface area (Å²) in [6, 6.07) is 14.5. The van der Waals surface area contributed by atoms with Gasteiger partial charge in [-0.2, -0.15) is 0 Å². The van der Waals surface area contributed by atoms with Crippen molar-refractivity contribution in [2.45, 2.75) is 24.8 Å². The van der Waals surface area contributed by atoms with Gasteiger partial charge in [0.25, 0.3) is 0 Å². The largest absolute Gasteiger partial charge is 0.398 e. The maximum Gasteiger partial charge on any atom is 0.178 e. The second kappa shape index (κ2) is 6.18. The van der Waals surface area contributed by atoms with Gasteiger partial charge >= 0.3 is 0 Å². The minimum atomic E-state index is -3.15. The second-order valence-electron chi connectivity index (χ2n) is 4.92. The lowest BCUT2D eigenvalue weighted by atomic mass is 10.1. The Morgan fingerprint density at radius 1 is 1.10 bits per heavy atom. The molecule has 2 rings (SSSR count). The number of hydrogen-bond acceptors (Lipinski definition) is 4. The third kappa shape index (κ3) is 3.55. The highest BCUT2D eigenvalue weighted by atomic mass is 32.2. The summed E-state index contributed by atoms with van der Waals surface area (Å²) in [5, 5.41) is 3.32. The molecule has 0 fully saturated rings. The summed E-state index contributed by atoms with van der Waals surface area (Å²) in [6.07, 6.45) is 0. The Hall–Kier alpha value is -2.01. The molecular formula is C16H20N2O2S. The van der Waals surface area contributed by atoms with E-state index in [0.717, 1.165) is 16.9 Å². The van der Waals surface area contributed by atoms with E-state index in [-0.39, 0.29) is 11.8 Å². The summed E-state index contributed by atoms with van der Waals surface area (Å²) in [6.45, 7) is 3.66. The van der Waals surface area contributed by atoms with Gasteiger partial charge in [-0.25, -0.2) is 8.42 Å². The van der Waals surface area contributed by atoms with Gasteiger partial charge in [-0.3, -0.25) is 0 Å². The number of rotatable bonds is 5. The van der Waals surface area contributed by atoms with Gasteiger partial charge in [0.1, 0.15) is 0 Å². The highest BCUT2D eigenvalue weighted by Gasteiger charge is 2.12. The summed E-state index contributed by atoms with van der Waals surface area (Å²) in [7, 11) is -3.15.